The first-order valence-electron chi connectivity index (χ1n) is 6.27. The van der Waals surface area contributed by atoms with Crippen LogP contribution in [0, 0.1) is 11.7 Å². The summed E-state index contributed by atoms with van der Waals surface area (Å²) >= 11 is 5.73. The molecule has 1 atom stereocenters. The van der Waals surface area contributed by atoms with E-state index in [1.54, 1.807) is 0 Å². The van der Waals surface area contributed by atoms with Gasteiger partial charge in [-0.2, -0.15) is 0 Å². The van der Waals surface area contributed by atoms with Gasteiger partial charge in [0.05, 0.1) is 0 Å². The molecule has 1 rings (SSSR count). The predicted octanol–water partition coefficient (Wildman–Crippen LogP) is 3.60. The molecule has 0 fully saturated rings. The van der Waals surface area contributed by atoms with Crippen LogP contribution in [0.15, 0.2) is 24.3 Å². The first-order chi connectivity index (χ1) is 8.67. The molecule has 1 N–H and O–H groups in total. The average Bonchev–Trinajstić information content (AvgIpc) is 2.37. The number of carbonyl (C=O) groups is 1. The number of nitrogens with one attached hydrogen (secondary N) is 1. The van der Waals surface area contributed by atoms with Crippen LogP contribution in [0.3, 0.4) is 0 Å². The Labute approximate surface area is 113 Å². The molecule has 0 radical (unpaired) electrons. The van der Waals surface area contributed by atoms with Gasteiger partial charge in [-0.05, 0) is 43.0 Å². The van der Waals surface area contributed by atoms with Crippen molar-refractivity contribution in [2.24, 2.45) is 5.92 Å². The smallest absolute Gasteiger partial charge is 0.251 e. The number of benzene rings is 1. The number of carbonyl (C=O) groups excluding carboxylic acids is 1. The molecule has 18 heavy (non-hydrogen) atoms. The van der Waals surface area contributed by atoms with E-state index in [0.29, 0.717) is 23.9 Å². The first kappa shape index (κ1) is 15.0. The van der Waals surface area contributed by atoms with Gasteiger partial charge in [-0.1, -0.05) is 13.3 Å². The second-order valence-electron chi connectivity index (χ2n) is 4.35. The molecule has 0 bridgehead atoms. The van der Waals surface area contributed by atoms with Crippen LogP contribution in [0.2, 0.25) is 0 Å². The van der Waals surface area contributed by atoms with Crippen molar-refractivity contribution in [1.82, 2.24) is 5.32 Å². The van der Waals surface area contributed by atoms with Crippen LogP contribution in [-0.2, 0) is 0 Å². The zero-order valence-electron chi connectivity index (χ0n) is 10.6. The molecule has 4 heteroatoms. The highest BCUT2D eigenvalue weighted by Gasteiger charge is 2.10. The summed E-state index contributed by atoms with van der Waals surface area (Å²) in [5.74, 6) is 0.525. The minimum absolute atomic E-state index is 0.161. The average molecular weight is 272 g/mol. The normalized spacial score (nSPS) is 12.2. The fraction of sp³-hybridized carbons (Fsp3) is 0.500. The third-order valence-corrected chi connectivity index (χ3v) is 3.09. The SMILES string of the molecule is CCCC(CCCl)CNC(=O)c1ccc(F)cc1. The largest absolute Gasteiger partial charge is 0.352 e. The van der Waals surface area contributed by atoms with Gasteiger partial charge >= 0.3 is 0 Å². The van der Waals surface area contributed by atoms with Gasteiger partial charge in [0.15, 0.2) is 0 Å². The number of alkyl halides is 1. The molecule has 0 aliphatic rings. The Balaban J connectivity index is 2.46. The van der Waals surface area contributed by atoms with E-state index in [-0.39, 0.29) is 11.7 Å². The number of hydrogen-bond donors (Lipinski definition) is 1. The van der Waals surface area contributed by atoms with E-state index in [0.717, 1.165) is 19.3 Å². The standard InChI is InChI=1S/C14H19ClFNO/c1-2-3-11(8-9-15)10-17-14(18)12-4-6-13(16)7-5-12/h4-7,11H,2-3,8-10H2,1H3,(H,17,18). The molecule has 0 aliphatic heterocycles. The summed E-state index contributed by atoms with van der Waals surface area (Å²) in [6.45, 7) is 2.74. The molecule has 0 spiro atoms. The Bertz CT molecular complexity index is 361. The van der Waals surface area contributed by atoms with Crippen LogP contribution in [-0.4, -0.2) is 18.3 Å². The van der Waals surface area contributed by atoms with Crippen molar-refractivity contribution >= 4 is 17.5 Å². The molecular formula is C14H19ClFNO. The number of hydrogen-bond acceptors (Lipinski definition) is 1. The molecule has 0 saturated carbocycles. The van der Waals surface area contributed by atoms with E-state index in [4.69, 9.17) is 11.6 Å². The van der Waals surface area contributed by atoms with Gasteiger partial charge in [0.25, 0.3) is 5.91 Å². The molecule has 0 heterocycles. The van der Waals surface area contributed by atoms with Crippen molar-refractivity contribution in [3.05, 3.63) is 35.6 Å². The Kier molecular flexibility index (Phi) is 6.73. The fourth-order valence-electron chi connectivity index (χ4n) is 1.85. The van der Waals surface area contributed by atoms with E-state index >= 15 is 0 Å². The minimum atomic E-state index is -0.336. The Morgan fingerprint density at radius 1 is 1.33 bits per heavy atom. The van der Waals surface area contributed by atoms with Crippen LogP contribution >= 0.6 is 11.6 Å². The summed E-state index contributed by atoms with van der Waals surface area (Å²) in [6.07, 6.45) is 3.03. The van der Waals surface area contributed by atoms with Crippen LogP contribution in [0.25, 0.3) is 0 Å². The van der Waals surface area contributed by atoms with Gasteiger partial charge in [-0.15, -0.1) is 11.6 Å². The second kappa shape index (κ2) is 8.09. The lowest BCUT2D eigenvalue weighted by molar-refractivity contribution is 0.0946. The van der Waals surface area contributed by atoms with Crippen molar-refractivity contribution in [3.63, 3.8) is 0 Å². The summed E-state index contributed by atoms with van der Waals surface area (Å²) in [5, 5.41) is 2.87. The van der Waals surface area contributed by atoms with E-state index < -0.39 is 0 Å². The molecule has 2 nitrogen and oxygen atoms in total. The van der Waals surface area contributed by atoms with E-state index in [1.807, 2.05) is 0 Å². The van der Waals surface area contributed by atoms with Gasteiger partial charge in [-0.25, -0.2) is 4.39 Å². The highest BCUT2D eigenvalue weighted by molar-refractivity contribution is 6.17. The lowest BCUT2D eigenvalue weighted by Crippen LogP contribution is -2.29. The number of amides is 1. The molecule has 1 unspecified atom stereocenters. The lowest BCUT2D eigenvalue weighted by atomic mass is 10.0. The number of rotatable bonds is 7. The van der Waals surface area contributed by atoms with Crippen molar-refractivity contribution in [1.29, 1.82) is 0 Å². The quantitative estimate of drug-likeness (QED) is 0.755. The van der Waals surface area contributed by atoms with Crippen LogP contribution in [0.4, 0.5) is 4.39 Å². The third kappa shape index (κ3) is 5.05. The minimum Gasteiger partial charge on any atom is -0.352 e. The van der Waals surface area contributed by atoms with E-state index in [1.165, 1.54) is 24.3 Å². The molecule has 0 aromatic heterocycles. The summed E-state index contributed by atoms with van der Waals surface area (Å²) in [4.78, 5) is 11.8. The zero-order chi connectivity index (χ0) is 13.4. The maximum Gasteiger partial charge on any atom is 0.251 e. The lowest BCUT2D eigenvalue weighted by Gasteiger charge is -2.15. The van der Waals surface area contributed by atoms with Crippen molar-refractivity contribution in [2.45, 2.75) is 26.2 Å². The predicted molar refractivity (Wildman–Crippen MR) is 72.5 cm³/mol. The summed E-state index contributed by atoms with van der Waals surface area (Å²) in [7, 11) is 0. The van der Waals surface area contributed by atoms with Crippen molar-refractivity contribution in [3.8, 4) is 0 Å². The van der Waals surface area contributed by atoms with Crippen LogP contribution in [0.5, 0.6) is 0 Å². The molecule has 1 amide bonds. The maximum atomic E-state index is 12.7. The monoisotopic (exact) mass is 271 g/mol. The molecular weight excluding hydrogens is 253 g/mol. The zero-order valence-corrected chi connectivity index (χ0v) is 11.3. The van der Waals surface area contributed by atoms with Crippen LogP contribution < -0.4 is 5.32 Å². The Hall–Kier alpha value is -1.09. The first-order valence-corrected chi connectivity index (χ1v) is 6.80. The van der Waals surface area contributed by atoms with Gasteiger partial charge in [0, 0.05) is 18.0 Å². The van der Waals surface area contributed by atoms with Crippen molar-refractivity contribution in [2.75, 3.05) is 12.4 Å². The van der Waals surface area contributed by atoms with Gasteiger partial charge in [0.2, 0.25) is 0 Å². The molecule has 1 aromatic carbocycles. The molecule has 0 saturated heterocycles. The molecule has 1 aromatic rings. The number of halogens is 2. The summed E-state index contributed by atoms with van der Waals surface area (Å²) in [6, 6.07) is 5.55. The summed E-state index contributed by atoms with van der Waals surface area (Å²) in [5.41, 5.74) is 0.484. The van der Waals surface area contributed by atoms with Gasteiger partial charge in [0.1, 0.15) is 5.82 Å². The van der Waals surface area contributed by atoms with E-state index in [2.05, 4.69) is 12.2 Å². The van der Waals surface area contributed by atoms with Crippen molar-refractivity contribution < 1.29 is 9.18 Å². The van der Waals surface area contributed by atoms with E-state index in [9.17, 15) is 9.18 Å². The molecule has 100 valence electrons. The topological polar surface area (TPSA) is 29.1 Å². The fourth-order valence-corrected chi connectivity index (χ4v) is 2.16. The second-order valence-corrected chi connectivity index (χ2v) is 4.73. The van der Waals surface area contributed by atoms with Crippen LogP contribution in [0.1, 0.15) is 36.5 Å². The third-order valence-electron chi connectivity index (χ3n) is 2.87. The van der Waals surface area contributed by atoms with Gasteiger partial charge < -0.3 is 5.32 Å². The highest BCUT2D eigenvalue weighted by Crippen LogP contribution is 2.11. The Morgan fingerprint density at radius 2 is 2.00 bits per heavy atom. The Morgan fingerprint density at radius 3 is 2.56 bits per heavy atom. The summed E-state index contributed by atoms with van der Waals surface area (Å²) < 4.78 is 12.7. The maximum absolute atomic E-state index is 12.7. The van der Waals surface area contributed by atoms with Gasteiger partial charge in [-0.3, -0.25) is 4.79 Å². The highest BCUT2D eigenvalue weighted by atomic mass is 35.5. The molecule has 0 aliphatic carbocycles.